The van der Waals surface area contributed by atoms with E-state index in [1.165, 1.54) is 7.11 Å². The molecular formula is C38H50N2O9. The van der Waals surface area contributed by atoms with Crippen LogP contribution in [0.25, 0.3) is 0 Å². The second-order valence-electron chi connectivity index (χ2n) is 14.1. The number of rotatable bonds is 10. The monoisotopic (exact) mass is 678 g/mol. The Labute approximate surface area is 288 Å². The van der Waals surface area contributed by atoms with Crippen LogP contribution < -0.4 is 5.32 Å². The zero-order valence-corrected chi connectivity index (χ0v) is 29.4. The van der Waals surface area contributed by atoms with Crippen molar-refractivity contribution in [3.63, 3.8) is 0 Å². The molecule has 3 heterocycles. The number of nitrogens with one attached hydrogen (secondary N) is 2. The highest BCUT2D eigenvalue weighted by atomic mass is 16.6. The second-order valence-corrected chi connectivity index (χ2v) is 14.1. The van der Waals surface area contributed by atoms with E-state index in [1.54, 1.807) is 32.2 Å². The Balaban J connectivity index is 1.44. The van der Waals surface area contributed by atoms with Crippen molar-refractivity contribution in [2.45, 2.75) is 103 Å². The number of esters is 2. The quantitative estimate of drug-likeness (QED) is 0.168. The predicted octanol–water partition coefficient (Wildman–Crippen LogP) is 5.50. The van der Waals surface area contributed by atoms with Crippen molar-refractivity contribution in [1.82, 2.24) is 10.3 Å². The number of H-pyrrole nitrogens is 1. The van der Waals surface area contributed by atoms with E-state index in [-0.39, 0.29) is 18.3 Å². The van der Waals surface area contributed by atoms with Gasteiger partial charge in [-0.3, -0.25) is 0 Å². The van der Waals surface area contributed by atoms with Gasteiger partial charge in [-0.05, 0) is 56.9 Å². The van der Waals surface area contributed by atoms with Crippen LogP contribution in [0.4, 0.5) is 4.79 Å². The van der Waals surface area contributed by atoms with Gasteiger partial charge in [0.15, 0.2) is 6.10 Å². The molecule has 1 aliphatic carbocycles. The Hall–Kier alpha value is -3.93. The van der Waals surface area contributed by atoms with Crippen LogP contribution in [-0.4, -0.2) is 77.5 Å². The second kappa shape index (κ2) is 14.9. The molecule has 49 heavy (non-hydrogen) atoms. The zero-order valence-electron chi connectivity index (χ0n) is 29.4. The lowest BCUT2D eigenvalue weighted by Crippen LogP contribution is -2.48. The maximum atomic E-state index is 13.6. The van der Waals surface area contributed by atoms with Crippen LogP contribution in [0.3, 0.4) is 0 Å². The molecule has 1 saturated heterocycles. The number of ether oxygens (including phenoxy) is 5. The number of carbonyl (C=O) groups is 3. The smallest absolute Gasteiger partial charge is 0.407 e. The Morgan fingerprint density at radius 1 is 1.12 bits per heavy atom. The minimum atomic E-state index is -0.920. The summed E-state index contributed by atoms with van der Waals surface area (Å²) >= 11 is 0. The SMILES string of the molecule is CO[C@H]1C[C@H]2C=C[C@]3(C)C[C@]2(O[C@H]3[C@H](OC(=O)c2ccc[nH]2)[C@H](C)[C@H](C)O)/C(C)=C/[C@@H](C)[C@@H]([C@@H](C)OC(=O)NCc2ccccc2)OC1=O. The summed E-state index contributed by atoms with van der Waals surface area (Å²) in [5, 5.41) is 13.5. The van der Waals surface area contributed by atoms with Crippen molar-refractivity contribution in [1.29, 1.82) is 0 Å². The number of aliphatic hydroxyl groups excluding tert-OH is 1. The molecule has 0 unspecified atom stereocenters. The van der Waals surface area contributed by atoms with E-state index >= 15 is 0 Å². The summed E-state index contributed by atoms with van der Waals surface area (Å²) in [7, 11) is 1.47. The normalized spacial score (nSPS) is 33.1. The van der Waals surface area contributed by atoms with Gasteiger partial charge in [-0.15, -0.1) is 0 Å². The van der Waals surface area contributed by atoms with Crippen LogP contribution in [0.1, 0.15) is 70.4 Å². The standard InChI is InChI=1S/C38H50N2O9/c1-22-18-23(2)38-21-37(6,33(49-38)32(24(3)25(4)41)48-34(42)29-14-11-17-39-29)16-15-28(38)19-30(45-7)35(43)47-31(22)26(5)46-36(44)40-20-27-12-9-8-10-13-27/h8-18,22,24-26,28,30-33,39,41H,19-21H2,1-7H3,(H,40,44)/b23-18+/t22-,24-,25+,26-,28-,30+,31+,32-,33+,37-,38+/m1/s1. The number of methoxy groups -OCH3 is 1. The summed E-state index contributed by atoms with van der Waals surface area (Å²) < 4.78 is 30.8. The van der Waals surface area contributed by atoms with Crippen LogP contribution in [0.15, 0.2) is 72.5 Å². The average Bonchev–Trinajstić information content (AvgIpc) is 3.70. The zero-order chi connectivity index (χ0) is 35.5. The number of aromatic amines is 1. The topological polar surface area (TPSA) is 145 Å². The van der Waals surface area contributed by atoms with Crippen molar-refractivity contribution in [3.05, 3.63) is 83.7 Å². The molecule has 266 valence electrons. The molecule has 11 atom stereocenters. The summed E-state index contributed by atoms with van der Waals surface area (Å²) in [6.45, 7) is 11.5. The molecule has 1 aromatic carbocycles. The number of carbonyl (C=O) groups excluding carboxylic acids is 3. The molecule has 0 saturated carbocycles. The highest BCUT2D eigenvalue weighted by molar-refractivity contribution is 5.87. The van der Waals surface area contributed by atoms with Crippen LogP contribution in [0, 0.1) is 23.2 Å². The van der Waals surface area contributed by atoms with Crippen LogP contribution in [0.2, 0.25) is 0 Å². The van der Waals surface area contributed by atoms with Gasteiger partial charge in [0.05, 0.1) is 11.7 Å². The molecule has 0 radical (unpaired) electrons. The Bertz CT molecular complexity index is 1520. The van der Waals surface area contributed by atoms with E-state index in [2.05, 4.69) is 29.4 Å². The molecule has 11 heteroatoms. The first-order chi connectivity index (χ1) is 23.3. The molecule has 1 fully saturated rings. The van der Waals surface area contributed by atoms with Crippen molar-refractivity contribution in [2.24, 2.45) is 23.2 Å². The summed E-state index contributed by atoms with van der Waals surface area (Å²) in [6, 6.07) is 12.9. The fraction of sp³-hybridized carbons (Fsp3) is 0.553. The third-order valence-electron chi connectivity index (χ3n) is 10.6. The third-order valence-corrected chi connectivity index (χ3v) is 10.6. The number of amides is 1. The van der Waals surface area contributed by atoms with Gasteiger partial charge in [-0.1, -0.05) is 69.3 Å². The van der Waals surface area contributed by atoms with Gasteiger partial charge in [-0.2, -0.15) is 0 Å². The van der Waals surface area contributed by atoms with Gasteiger partial charge in [0.2, 0.25) is 0 Å². The highest BCUT2D eigenvalue weighted by Gasteiger charge is 2.62. The lowest BCUT2D eigenvalue weighted by molar-refractivity contribution is -0.172. The average molecular weight is 679 g/mol. The first kappa shape index (κ1) is 36.4. The lowest BCUT2D eigenvalue weighted by Gasteiger charge is -2.42. The van der Waals surface area contributed by atoms with Crippen LogP contribution in [-0.2, 0) is 35.0 Å². The molecule has 1 amide bonds. The third kappa shape index (κ3) is 7.64. The van der Waals surface area contributed by atoms with Crippen molar-refractivity contribution >= 4 is 18.0 Å². The van der Waals surface area contributed by atoms with Crippen molar-refractivity contribution in [2.75, 3.05) is 7.11 Å². The van der Waals surface area contributed by atoms with Crippen molar-refractivity contribution < 1.29 is 43.2 Å². The summed E-state index contributed by atoms with van der Waals surface area (Å²) in [5.41, 5.74) is 0.697. The molecular weight excluding hydrogens is 628 g/mol. The van der Waals surface area contributed by atoms with Gasteiger partial charge in [0.1, 0.15) is 30.1 Å². The number of fused-ring (bicyclic) bond motifs is 1. The van der Waals surface area contributed by atoms with Gasteiger partial charge in [0.25, 0.3) is 0 Å². The molecule has 5 rings (SSSR count). The number of hydrogen-bond acceptors (Lipinski definition) is 9. The molecule has 1 spiro atoms. The predicted molar refractivity (Wildman–Crippen MR) is 181 cm³/mol. The molecule has 2 aliphatic heterocycles. The first-order valence-corrected chi connectivity index (χ1v) is 17.1. The van der Waals surface area contributed by atoms with Gasteiger partial charge in [-0.25, -0.2) is 14.4 Å². The van der Waals surface area contributed by atoms with E-state index in [0.29, 0.717) is 18.7 Å². The largest absolute Gasteiger partial charge is 0.456 e. The van der Waals surface area contributed by atoms with Gasteiger partial charge < -0.3 is 39.1 Å². The number of aliphatic hydroxyl groups is 1. The fourth-order valence-electron chi connectivity index (χ4n) is 7.57. The number of cyclic esters (lactones) is 1. The van der Waals surface area contributed by atoms with Crippen molar-refractivity contribution in [3.8, 4) is 0 Å². The van der Waals surface area contributed by atoms with E-state index in [4.69, 9.17) is 23.7 Å². The molecule has 2 bridgehead atoms. The summed E-state index contributed by atoms with van der Waals surface area (Å²) in [4.78, 5) is 42.6. The maximum Gasteiger partial charge on any atom is 0.407 e. The fourth-order valence-corrected chi connectivity index (χ4v) is 7.57. The molecule has 2 aromatic rings. The van der Waals surface area contributed by atoms with Gasteiger partial charge in [0, 0.05) is 43.0 Å². The van der Waals surface area contributed by atoms with Gasteiger partial charge >= 0.3 is 18.0 Å². The van der Waals surface area contributed by atoms with E-state index < -0.39 is 71.6 Å². The van der Waals surface area contributed by atoms with Crippen LogP contribution in [0.5, 0.6) is 0 Å². The molecule has 11 nitrogen and oxygen atoms in total. The lowest BCUT2D eigenvalue weighted by atomic mass is 9.64. The van der Waals surface area contributed by atoms with Crippen LogP contribution >= 0.6 is 0 Å². The minimum Gasteiger partial charge on any atom is -0.456 e. The molecule has 3 N–H and O–H groups in total. The van der Waals surface area contributed by atoms with E-state index in [0.717, 1.165) is 11.1 Å². The highest BCUT2D eigenvalue weighted by Crippen LogP contribution is 2.58. The Morgan fingerprint density at radius 2 is 1.86 bits per heavy atom. The molecule has 3 aliphatic rings. The maximum absolute atomic E-state index is 13.6. The number of benzene rings is 1. The number of alkyl carbamates (subject to hydrolysis) is 1. The Kier molecular flexibility index (Phi) is 11.1. The Morgan fingerprint density at radius 3 is 2.51 bits per heavy atom. The van der Waals surface area contributed by atoms with E-state index in [9.17, 15) is 19.5 Å². The summed E-state index contributed by atoms with van der Waals surface area (Å²) in [6.07, 6.45) is 3.32. The summed E-state index contributed by atoms with van der Waals surface area (Å²) in [5.74, 6) is -2.21. The number of aromatic nitrogens is 1. The first-order valence-electron chi connectivity index (χ1n) is 17.1. The number of hydrogen-bond donors (Lipinski definition) is 3. The van der Waals surface area contributed by atoms with E-state index in [1.807, 2.05) is 57.2 Å². The molecule has 1 aromatic heterocycles. The minimum absolute atomic E-state index is 0.270.